The molecule has 1 aliphatic rings. The Hall–Kier alpha value is -1.54. The van der Waals surface area contributed by atoms with Crippen LogP contribution in [-0.2, 0) is 4.74 Å². The van der Waals surface area contributed by atoms with Crippen LogP contribution in [0, 0.1) is 0 Å². The van der Waals surface area contributed by atoms with E-state index in [9.17, 15) is 9.59 Å². The van der Waals surface area contributed by atoms with Crippen LogP contribution in [0.25, 0.3) is 0 Å². The Morgan fingerprint density at radius 1 is 1.45 bits per heavy atom. The molecule has 7 nitrogen and oxygen atoms in total. The first-order valence-electron chi connectivity index (χ1n) is 6.29. The summed E-state index contributed by atoms with van der Waals surface area (Å²) in [7, 11) is 0. The molecule has 0 spiro atoms. The van der Waals surface area contributed by atoms with Crippen molar-refractivity contribution in [2.75, 3.05) is 0 Å². The Labute approximate surface area is 122 Å². The van der Waals surface area contributed by atoms with Crippen LogP contribution in [0.5, 0.6) is 0 Å². The predicted molar refractivity (Wildman–Crippen MR) is 78.5 cm³/mol. The minimum Gasteiger partial charge on any atom is -0.473 e. The Morgan fingerprint density at radius 3 is 2.40 bits per heavy atom. The SMILES string of the molecule is CC.CC1CCC(n2ccc(=O)[nH]c2=O)O1.O=C(O)S. The molecule has 0 aliphatic carbocycles. The van der Waals surface area contributed by atoms with Gasteiger partial charge in [-0.3, -0.25) is 14.3 Å². The van der Waals surface area contributed by atoms with Gasteiger partial charge in [0.15, 0.2) is 0 Å². The molecule has 2 N–H and O–H groups in total. The van der Waals surface area contributed by atoms with Crippen molar-refractivity contribution in [2.24, 2.45) is 0 Å². The first kappa shape index (κ1) is 18.5. The Kier molecular flexibility index (Phi) is 8.66. The maximum Gasteiger partial charge on any atom is 0.361 e. The second kappa shape index (κ2) is 9.38. The van der Waals surface area contributed by atoms with Gasteiger partial charge >= 0.3 is 11.0 Å². The Morgan fingerprint density at radius 2 is 2.00 bits per heavy atom. The molecule has 0 bridgehead atoms. The van der Waals surface area contributed by atoms with Crippen LogP contribution in [-0.4, -0.2) is 26.1 Å². The summed E-state index contributed by atoms with van der Waals surface area (Å²) in [5.74, 6) is 0. The van der Waals surface area contributed by atoms with Gasteiger partial charge in [0.05, 0.1) is 6.10 Å². The van der Waals surface area contributed by atoms with E-state index in [1.807, 2.05) is 20.8 Å². The number of thiol groups is 1. The van der Waals surface area contributed by atoms with Crippen molar-refractivity contribution in [3.05, 3.63) is 33.1 Å². The molecule has 0 radical (unpaired) electrons. The van der Waals surface area contributed by atoms with Crippen LogP contribution in [0.2, 0.25) is 0 Å². The smallest absolute Gasteiger partial charge is 0.361 e. The number of hydrogen-bond donors (Lipinski definition) is 3. The number of hydrogen-bond acceptors (Lipinski definition) is 4. The van der Waals surface area contributed by atoms with Crippen LogP contribution < -0.4 is 11.2 Å². The number of aromatic amines is 1. The maximum atomic E-state index is 11.4. The molecule has 0 amide bonds. The molecule has 1 saturated heterocycles. The van der Waals surface area contributed by atoms with E-state index in [4.69, 9.17) is 14.6 Å². The van der Waals surface area contributed by atoms with Crippen LogP contribution in [0.1, 0.15) is 39.8 Å². The number of nitrogens with zero attached hydrogens (tertiary/aromatic N) is 1. The third kappa shape index (κ3) is 6.58. The number of rotatable bonds is 1. The topological polar surface area (TPSA) is 101 Å². The molecule has 0 aromatic carbocycles. The zero-order chi connectivity index (χ0) is 15.7. The van der Waals surface area contributed by atoms with Crippen LogP contribution in [0.3, 0.4) is 0 Å². The lowest BCUT2D eigenvalue weighted by Crippen LogP contribution is -2.31. The van der Waals surface area contributed by atoms with Gasteiger partial charge in [0.25, 0.3) is 5.56 Å². The largest absolute Gasteiger partial charge is 0.473 e. The summed E-state index contributed by atoms with van der Waals surface area (Å²) in [5.41, 5.74) is -0.783. The summed E-state index contributed by atoms with van der Waals surface area (Å²) >= 11 is 2.88. The molecule has 2 rings (SSSR count). The quantitative estimate of drug-likeness (QED) is 0.687. The standard InChI is InChI=1S/C9H12N2O3.C2H6.CH2O2S/c1-6-2-3-8(14-6)11-5-4-7(12)10-9(11)13;1-2;2-1(3)4/h4-6,8H,2-3H2,1H3,(H,10,12,13);1-2H3;4H,(H,2,3). The van der Waals surface area contributed by atoms with Crippen molar-refractivity contribution >= 4 is 17.9 Å². The summed E-state index contributed by atoms with van der Waals surface area (Å²) in [4.78, 5) is 33.2. The normalized spacial score (nSPS) is 20.2. The summed E-state index contributed by atoms with van der Waals surface area (Å²) in [6.45, 7) is 5.97. The molecule has 20 heavy (non-hydrogen) atoms. The summed E-state index contributed by atoms with van der Waals surface area (Å²) in [5, 5.41) is 6.14. The number of ether oxygens (including phenoxy) is 1. The van der Waals surface area contributed by atoms with Gasteiger partial charge < -0.3 is 9.84 Å². The van der Waals surface area contributed by atoms with Gasteiger partial charge in [-0.1, -0.05) is 26.5 Å². The van der Waals surface area contributed by atoms with Crippen molar-refractivity contribution in [1.29, 1.82) is 0 Å². The van der Waals surface area contributed by atoms with Crippen molar-refractivity contribution < 1.29 is 14.6 Å². The van der Waals surface area contributed by atoms with E-state index in [2.05, 4.69) is 17.6 Å². The molecule has 8 heteroatoms. The van der Waals surface area contributed by atoms with E-state index < -0.39 is 11.0 Å². The number of carbonyl (C=O) groups is 1. The fourth-order valence-electron chi connectivity index (χ4n) is 1.64. The molecule has 1 fully saturated rings. The van der Waals surface area contributed by atoms with Crippen LogP contribution in [0.15, 0.2) is 21.9 Å². The van der Waals surface area contributed by atoms with Gasteiger partial charge in [0.2, 0.25) is 0 Å². The highest BCUT2D eigenvalue weighted by atomic mass is 32.1. The molecule has 1 aromatic heterocycles. The zero-order valence-corrected chi connectivity index (χ0v) is 12.6. The Balaban J connectivity index is 0.000000521. The predicted octanol–water partition coefficient (Wildman–Crippen LogP) is 1.85. The van der Waals surface area contributed by atoms with E-state index in [0.717, 1.165) is 12.8 Å². The number of carboxylic acid groups (broad SMARTS) is 1. The molecule has 1 aliphatic heterocycles. The maximum absolute atomic E-state index is 11.4. The minimum absolute atomic E-state index is 0.179. The molecule has 2 atom stereocenters. The van der Waals surface area contributed by atoms with Gasteiger partial charge in [0, 0.05) is 12.3 Å². The van der Waals surface area contributed by atoms with Gasteiger partial charge in [-0.05, 0) is 19.8 Å². The molecule has 114 valence electrons. The third-order valence-corrected chi connectivity index (χ3v) is 2.37. The van der Waals surface area contributed by atoms with Gasteiger partial charge in [-0.2, -0.15) is 0 Å². The summed E-state index contributed by atoms with van der Waals surface area (Å²) in [6.07, 6.45) is 3.18. The second-order valence-electron chi connectivity index (χ2n) is 3.78. The number of nitrogens with one attached hydrogen (secondary N) is 1. The number of aromatic nitrogens is 2. The second-order valence-corrected chi connectivity index (χ2v) is 4.16. The molecule has 2 unspecified atom stereocenters. The van der Waals surface area contributed by atoms with E-state index in [1.165, 1.54) is 16.8 Å². The number of H-pyrrole nitrogens is 1. The van der Waals surface area contributed by atoms with Gasteiger partial charge in [0.1, 0.15) is 6.23 Å². The van der Waals surface area contributed by atoms with Crippen LogP contribution in [0.4, 0.5) is 4.79 Å². The van der Waals surface area contributed by atoms with Crippen molar-refractivity contribution in [1.82, 2.24) is 9.55 Å². The first-order valence-corrected chi connectivity index (χ1v) is 6.73. The molecule has 1 aromatic rings. The minimum atomic E-state index is -1.14. The molecular formula is C12H20N2O5S. The fourth-order valence-corrected chi connectivity index (χ4v) is 1.64. The average Bonchev–Trinajstić information content (AvgIpc) is 2.77. The van der Waals surface area contributed by atoms with Crippen molar-refractivity contribution in [3.63, 3.8) is 0 Å². The molecule has 0 saturated carbocycles. The van der Waals surface area contributed by atoms with E-state index in [-0.39, 0.29) is 17.9 Å². The zero-order valence-electron chi connectivity index (χ0n) is 11.7. The fraction of sp³-hybridized carbons (Fsp3) is 0.583. The third-order valence-electron chi connectivity index (χ3n) is 2.37. The van der Waals surface area contributed by atoms with Crippen LogP contribution >= 0.6 is 12.6 Å². The van der Waals surface area contributed by atoms with Gasteiger partial charge in [-0.25, -0.2) is 9.59 Å². The highest BCUT2D eigenvalue weighted by Gasteiger charge is 2.23. The van der Waals surface area contributed by atoms with Gasteiger partial charge in [-0.15, -0.1) is 0 Å². The summed E-state index contributed by atoms with van der Waals surface area (Å²) < 4.78 is 6.93. The van der Waals surface area contributed by atoms with E-state index >= 15 is 0 Å². The lowest BCUT2D eigenvalue weighted by atomic mass is 10.2. The molecule has 2 heterocycles. The Bertz CT molecular complexity index is 521. The highest BCUT2D eigenvalue weighted by molar-refractivity contribution is 7.96. The van der Waals surface area contributed by atoms with E-state index in [1.54, 1.807) is 0 Å². The van der Waals surface area contributed by atoms with Crippen molar-refractivity contribution in [3.8, 4) is 0 Å². The van der Waals surface area contributed by atoms with E-state index in [0.29, 0.717) is 0 Å². The molecular weight excluding hydrogens is 284 g/mol. The first-order chi connectivity index (χ1) is 9.40. The van der Waals surface area contributed by atoms with Crippen molar-refractivity contribution in [2.45, 2.75) is 45.9 Å². The highest BCUT2D eigenvalue weighted by Crippen LogP contribution is 2.25. The monoisotopic (exact) mass is 304 g/mol. The average molecular weight is 304 g/mol. The lowest BCUT2D eigenvalue weighted by molar-refractivity contribution is 0.00792. The summed E-state index contributed by atoms with van der Waals surface area (Å²) in [6, 6.07) is 1.33. The lowest BCUT2D eigenvalue weighted by Gasteiger charge is -2.12.